The third-order valence-corrected chi connectivity index (χ3v) is 6.99. The molecular formula is C32H33BrN4O8. The first-order valence-corrected chi connectivity index (χ1v) is 14.7. The van der Waals surface area contributed by atoms with Crippen LogP contribution in [-0.2, 0) is 20.9 Å². The molecule has 12 nitrogen and oxygen atoms in total. The number of hydrazone groups is 1. The number of ether oxygens (including phenoxy) is 5. The fourth-order valence-electron chi connectivity index (χ4n) is 4.48. The molecular weight excluding hydrogens is 648 g/mol. The summed E-state index contributed by atoms with van der Waals surface area (Å²) in [7, 11) is 2.98. The lowest BCUT2D eigenvalue weighted by molar-refractivity contribution is -0.139. The number of rotatable bonds is 13. The summed E-state index contributed by atoms with van der Waals surface area (Å²) >= 11 is 3.46. The van der Waals surface area contributed by atoms with E-state index < -0.39 is 23.9 Å². The molecule has 13 heteroatoms. The molecule has 0 spiro atoms. The number of carbonyl (C=O) groups is 3. The molecule has 45 heavy (non-hydrogen) atoms. The van der Waals surface area contributed by atoms with Crippen LogP contribution in [0.5, 0.6) is 23.0 Å². The number of hydrogen-bond acceptors (Lipinski definition) is 9. The van der Waals surface area contributed by atoms with E-state index in [1.54, 1.807) is 44.2 Å². The second kappa shape index (κ2) is 15.6. The summed E-state index contributed by atoms with van der Waals surface area (Å²) in [5, 5.41) is 9.40. The molecule has 236 valence electrons. The third-order valence-electron chi connectivity index (χ3n) is 6.53. The summed E-state index contributed by atoms with van der Waals surface area (Å²) in [5.74, 6) is 0.437. The average Bonchev–Trinajstić information content (AvgIpc) is 3.03. The van der Waals surface area contributed by atoms with Gasteiger partial charge < -0.3 is 34.3 Å². The summed E-state index contributed by atoms with van der Waals surface area (Å²) in [4.78, 5) is 37.4. The molecule has 0 fully saturated rings. The number of nitrogens with one attached hydrogen (secondary N) is 3. The van der Waals surface area contributed by atoms with E-state index in [-0.39, 0.29) is 24.5 Å². The second-order valence-corrected chi connectivity index (χ2v) is 10.5. The highest BCUT2D eigenvalue weighted by atomic mass is 79.9. The molecule has 0 radical (unpaired) electrons. The van der Waals surface area contributed by atoms with Crippen molar-refractivity contribution in [1.82, 2.24) is 16.1 Å². The van der Waals surface area contributed by atoms with Gasteiger partial charge in [0.1, 0.15) is 6.61 Å². The van der Waals surface area contributed by atoms with Crippen LogP contribution < -0.4 is 35.0 Å². The topological polar surface area (TPSA) is 146 Å². The van der Waals surface area contributed by atoms with E-state index >= 15 is 0 Å². The maximum Gasteiger partial charge on any atom is 0.338 e. The molecule has 0 saturated heterocycles. The van der Waals surface area contributed by atoms with Gasteiger partial charge in [-0.1, -0.05) is 52.3 Å². The monoisotopic (exact) mass is 680 g/mol. The maximum atomic E-state index is 12.6. The van der Waals surface area contributed by atoms with E-state index in [2.05, 4.69) is 37.1 Å². The summed E-state index contributed by atoms with van der Waals surface area (Å²) in [6.07, 6.45) is 1.45. The number of allylic oxidation sites excluding steroid dienone is 1. The van der Waals surface area contributed by atoms with Crippen LogP contribution in [0.15, 0.2) is 81.5 Å². The minimum atomic E-state index is -0.781. The van der Waals surface area contributed by atoms with Crippen LogP contribution in [0.25, 0.3) is 0 Å². The Morgan fingerprint density at radius 2 is 1.76 bits per heavy atom. The van der Waals surface area contributed by atoms with Crippen molar-refractivity contribution >= 4 is 40.1 Å². The Kier molecular flexibility index (Phi) is 11.4. The van der Waals surface area contributed by atoms with E-state index in [0.29, 0.717) is 40.7 Å². The summed E-state index contributed by atoms with van der Waals surface area (Å²) in [6.45, 7) is 3.44. The molecule has 0 aliphatic carbocycles. The Morgan fingerprint density at radius 1 is 1.00 bits per heavy atom. The van der Waals surface area contributed by atoms with Gasteiger partial charge in [0.15, 0.2) is 29.6 Å². The van der Waals surface area contributed by atoms with Gasteiger partial charge in [0.2, 0.25) is 0 Å². The molecule has 3 aromatic carbocycles. The number of urea groups is 1. The fourth-order valence-corrected chi connectivity index (χ4v) is 4.93. The van der Waals surface area contributed by atoms with E-state index in [1.165, 1.54) is 20.4 Å². The van der Waals surface area contributed by atoms with Crippen LogP contribution >= 0.6 is 15.9 Å². The first-order valence-electron chi connectivity index (χ1n) is 13.9. The Morgan fingerprint density at radius 3 is 2.47 bits per heavy atom. The van der Waals surface area contributed by atoms with Crippen LogP contribution in [0, 0.1) is 0 Å². The molecule has 0 bridgehead atoms. The van der Waals surface area contributed by atoms with Gasteiger partial charge in [0.05, 0.1) is 38.7 Å². The molecule has 1 aliphatic heterocycles. The Labute approximate surface area is 268 Å². The van der Waals surface area contributed by atoms with Crippen molar-refractivity contribution in [3.05, 3.63) is 93.1 Å². The van der Waals surface area contributed by atoms with Crippen molar-refractivity contribution < 1.29 is 38.1 Å². The highest BCUT2D eigenvalue weighted by molar-refractivity contribution is 9.10. The number of esters is 1. The molecule has 0 saturated carbocycles. The Hall–Kier alpha value is -5.04. The van der Waals surface area contributed by atoms with E-state index in [1.807, 2.05) is 30.3 Å². The SMILES string of the molecule is CCOC(=O)C1=C(C)NC(=O)N[C@H]1c1ccc(OCC(=O)N/N=C/c2cc(Br)cc(OC)c2OCc2ccccc2)c(OC)c1. The van der Waals surface area contributed by atoms with E-state index in [9.17, 15) is 14.4 Å². The largest absolute Gasteiger partial charge is 0.493 e. The molecule has 0 aromatic heterocycles. The zero-order valence-electron chi connectivity index (χ0n) is 25.1. The average molecular weight is 682 g/mol. The Bertz CT molecular complexity index is 1610. The second-order valence-electron chi connectivity index (χ2n) is 9.58. The quantitative estimate of drug-likeness (QED) is 0.133. The van der Waals surface area contributed by atoms with Gasteiger partial charge >= 0.3 is 12.0 Å². The van der Waals surface area contributed by atoms with Gasteiger partial charge in [-0.05, 0) is 49.2 Å². The van der Waals surface area contributed by atoms with Gasteiger partial charge in [-0.25, -0.2) is 15.0 Å². The summed E-state index contributed by atoms with van der Waals surface area (Å²) in [5.41, 5.74) is 5.20. The zero-order valence-corrected chi connectivity index (χ0v) is 26.7. The molecule has 3 N–H and O–H groups in total. The maximum absolute atomic E-state index is 12.6. The lowest BCUT2D eigenvalue weighted by Crippen LogP contribution is -2.45. The highest BCUT2D eigenvalue weighted by Crippen LogP contribution is 2.36. The van der Waals surface area contributed by atoms with Crippen LogP contribution in [0.3, 0.4) is 0 Å². The predicted octanol–water partition coefficient (Wildman–Crippen LogP) is 4.77. The lowest BCUT2D eigenvalue weighted by Gasteiger charge is -2.28. The van der Waals surface area contributed by atoms with Crippen molar-refractivity contribution in [2.24, 2.45) is 5.10 Å². The van der Waals surface area contributed by atoms with Crippen molar-refractivity contribution in [2.45, 2.75) is 26.5 Å². The normalized spacial score (nSPS) is 14.3. The fraction of sp³-hybridized carbons (Fsp3) is 0.250. The minimum Gasteiger partial charge on any atom is -0.493 e. The Balaban J connectivity index is 1.43. The summed E-state index contributed by atoms with van der Waals surface area (Å²) in [6, 6.07) is 16.9. The number of nitrogens with zero attached hydrogens (tertiary/aromatic N) is 1. The van der Waals surface area contributed by atoms with Crippen LogP contribution in [0.1, 0.15) is 36.6 Å². The number of benzene rings is 3. The van der Waals surface area contributed by atoms with Gasteiger partial charge in [-0.3, -0.25) is 4.79 Å². The molecule has 0 unspecified atom stereocenters. The van der Waals surface area contributed by atoms with Gasteiger partial charge in [-0.2, -0.15) is 5.10 Å². The highest BCUT2D eigenvalue weighted by Gasteiger charge is 2.32. The lowest BCUT2D eigenvalue weighted by atomic mass is 9.95. The van der Waals surface area contributed by atoms with Crippen LogP contribution in [-0.4, -0.2) is 51.6 Å². The smallest absolute Gasteiger partial charge is 0.338 e. The van der Waals surface area contributed by atoms with E-state index in [0.717, 1.165) is 10.0 Å². The van der Waals surface area contributed by atoms with Gasteiger partial charge in [0, 0.05) is 15.7 Å². The molecule has 1 atom stereocenters. The van der Waals surface area contributed by atoms with E-state index in [4.69, 9.17) is 23.7 Å². The molecule has 3 amide bonds. The molecule has 1 aliphatic rings. The van der Waals surface area contributed by atoms with Crippen LogP contribution in [0.4, 0.5) is 4.79 Å². The number of hydrogen-bond donors (Lipinski definition) is 3. The molecule has 4 rings (SSSR count). The van der Waals surface area contributed by atoms with Gasteiger partial charge in [-0.15, -0.1) is 0 Å². The number of carbonyl (C=O) groups excluding carboxylic acids is 3. The third kappa shape index (κ3) is 8.54. The minimum absolute atomic E-state index is 0.179. The molecule has 1 heterocycles. The summed E-state index contributed by atoms with van der Waals surface area (Å²) < 4.78 is 28.6. The van der Waals surface area contributed by atoms with Crippen molar-refractivity contribution in [3.8, 4) is 23.0 Å². The number of methoxy groups -OCH3 is 2. The zero-order chi connectivity index (χ0) is 32.3. The van der Waals surface area contributed by atoms with Crippen molar-refractivity contribution in [1.29, 1.82) is 0 Å². The number of amides is 3. The van der Waals surface area contributed by atoms with Crippen molar-refractivity contribution in [2.75, 3.05) is 27.4 Å². The predicted molar refractivity (Wildman–Crippen MR) is 169 cm³/mol. The van der Waals surface area contributed by atoms with Gasteiger partial charge in [0.25, 0.3) is 5.91 Å². The number of halogens is 1. The van der Waals surface area contributed by atoms with Crippen molar-refractivity contribution in [3.63, 3.8) is 0 Å². The first-order chi connectivity index (χ1) is 21.7. The molecule has 3 aromatic rings. The standard InChI is InChI=1S/C32H33BrN4O8/c1-5-43-31(39)28-19(2)35-32(40)36-29(28)21-11-12-24(25(14-21)41-3)44-18-27(38)37-34-16-22-13-23(33)15-26(42-4)30(22)45-17-20-9-7-6-8-10-20/h6-16,29H,5,17-18H2,1-4H3,(H,37,38)(H2,35,36,40)/b34-16+/t29-/m0/s1. The first kappa shape index (κ1) is 32.9. The van der Waals surface area contributed by atoms with Crippen LogP contribution in [0.2, 0.25) is 0 Å².